The number of benzene rings is 1. The van der Waals surface area contributed by atoms with E-state index in [0.717, 1.165) is 73.3 Å². The molecule has 2 aromatic rings. The van der Waals surface area contributed by atoms with E-state index in [1.54, 1.807) is 11.3 Å². The average molecular weight is 419 g/mol. The van der Waals surface area contributed by atoms with Crippen LogP contribution in [0.2, 0.25) is 0 Å². The summed E-state index contributed by atoms with van der Waals surface area (Å²) in [6.45, 7) is 5.08. The number of rotatable bonds is 3. The van der Waals surface area contributed by atoms with Crippen LogP contribution in [0.15, 0.2) is 18.2 Å². The lowest BCUT2D eigenvalue weighted by Crippen LogP contribution is -2.37. The summed E-state index contributed by atoms with van der Waals surface area (Å²) in [5.41, 5.74) is 1.84. The van der Waals surface area contributed by atoms with Gasteiger partial charge in [-0.1, -0.05) is 11.3 Å². The Morgan fingerprint density at radius 3 is 2.85 bits per heavy atom. The van der Waals surface area contributed by atoms with Crippen molar-refractivity contribution in [1.29, 1.82) is 0 Å². The van der Waals surface area contributed by atoms with Gasteiger partial charge in [-0.15, -0.1) is 24.8 Å². The molecule has 2 aliphatic heterocycles. The number of anilines is 2. The molecule has 1 unspecified atom stereocenters. The Labute approximate surface area is 169 Å². The summed E-state index contributed by atoms with van der Waals surface area (Å²) in [7, 11) is 0. The molecule has 1 atom stereocenters. The van der Waals surface area contributed by atoms with Crippen LogP contribution in [0.25, 0.3) is 10.2 Å². The summed E-state index contributed by atoms with van der Waals surface area (Å²) < 4.78 is 6.51. The first-order valence-electron chi connectivity index (χ1n) is 8.54. The number of thiazole rings is 1. The first-order chi connectivity index (χ1) is 11.8. The molecule has 2 saturated heterocycles. The van der Waals surface area contributed by atoms with Crippen LogP contribution in [0.3, 0.4) is 0 Å². The van der Waals surface area contributed by atoms with Gasteiger partial charge in [0.15, 0.2) is 5.13 Å². The van der Waals surface area contributed by atoms with Crippen LogP contribution in [0.4, 0.5) is 10.8 Å². The van der Waals surface area contributed by atoms with Gasteiger partial charge < -0.3 is 20.3 Å². The van der Waals surface area contributed by atoms with Gasteiger partial charge in [-0.05, 0) is 37.6 Å². The largest absolute Gasteiger partial charge is 0.378 e. The number of nitrogens with one attached hydrogen (secondary N) is 2. The topological polar surface area (TPSA) is 66.5 Å². The molecule has 1 aromatic carbocycles. The van der Waals surface area contributed by atoms with Crippen molar-refractivity contribution in [1.82, 2.24) is 10.3 Å². The van der Waals surface area contributed by atoms with Crippen molar-refractivity contribution in [2.45, 2.75) is 12.8 Å². The molecule has 2 fully saturated rings. The molecular formula is C17H24Cl2N4O2S. The second-order valence-corrected chi connectivity index (χ2v) is 7.32. The van der Waals surface area contributed by atoms with Crippen molar-refractivity contribution in [2.24, 2.45) is 5.92 Å². The average Bonchev–Trinajstić information content (AvgIpc) is 3.06. The summed E-state index contributed by atoms with van der Waals surface area (Å²) in [4.78, 5) is 19.3. The van der Waals surface area contributed by atoms with Crippen LogP contribution in [0.1, 0.15) is 12.8 Å². The van der Waals surface area contributed by atoms with Gasteiger partial charge in [0, 0.05) is 25.3 Å². The molecule has 0 spiro atoms. The monoisotopic (exact) mass is 418 g/mol. The van der Waals surface area contributed by atoms with Crippen molar-refractivity contribution in [2.75, 3.05) is 49.6 Å². The second kappa shape index (κ2) is 9.71. The Bertz CT molecular complexity index is 731. The fourth-order valence-corrected chi connectivity index (χ4v) is 4.26. The van der Waals surface area contributed by atoms with E-state index in [1.165, 1.54) is 0 Å². The Hall–Kier alpha value is -1.12. The third kappa shape index (κ3) is 4.78. The van der Waals surface area contributed by atoms with Crippen molar-refractivity contribution in [3.05, 3.63) is 18.2 Å². The zero-order valence-corrected chi connectivity index (χ0v) is 16.9. The maximum absolute atomic E-state index is 12.4. The van der Waals surface area contributed by atoms with Gasteiger partial charge in [0.2, 0.25) is 5.91 Å². The molecule has 0 aliphatic carbocycles. The number of carbonyl (C=O) groups excluding carboxylic acids is 1. The quantitative estimate of drug-likeness (QED) is 0.801. The number of nitrogens with zero attached hydrogens (tertiary/aromatic N) is 2. The van der Waals surface area contributed by atoms with Gasteiger partial charge >= 0.3 is 0 Å². The third-order valence-corrected chi connectivity index (χ3v) is 5.67. The molecule has 2 N–H and O–H groups in total. The molecule has 1 amide bonds. The standard InChI is InChI=1S/C17H22N4O2S.2ClH/c22-16(12-2-1-5-18-11-12)19-13-3-4-14-15(10-13)24-17(20-14)21-6-8-23-9-7-21;;/h3-4,10,12,18H,1-2,5-9,11H2,(H,19,22);2*1H. The van der Waals surface area contributed by atoms with Crippen LogP contribution in [0.5, 0.6) is 0 Å². The first-order valence-corrected chi connectivity index (χ1v) is 9.36. The minimum absolute atomic E-state index is 0. The fourth-order valence-electron chi connectivity index (χ4n) is 3.20. The zero-order chi connectivity index (χ0) is 16.4. The van der Waals surface area contributed by atoms with Gasteiger partial charge in [0.1, 0.15) is 0 Å². The summed E-state index contributed by atoms with van der Waals surface area (Å²) in [5.74, 6) is 0.180. The number of morpholine rings is 1. The third-order valence-electron chi connectivity index (χ3n) is 4.59. The number of aromatic nitrogens is 1. The van der Waals surface area contributed by atoms with Gasteiger partial charge in [-0.25, -0.2) is 4.98 Å². The molecule has 4 rings (SSSR count). The Morgan fingerprint density at radius 1 is 1.31 bits per heavy atom. The second-order valence-electron chi connectivity index (χ2n) is 6.31. The van der Waals surface area contributed by atoms with E-state index in [9.17, 15) is 4.79 Å². The van der Waals surface area contributed by atoms with E-state index in [1.807, 2.05) is 18.2 Å². The normalized spacial score (nSPS) is 20.2. The molecule has 3 heterocycles. The van der Waals surface area contributed by atoms with Gasteiger partial charge in [-0.3, -0.25) is 4.79 Å². The van der Waals surface area contributed by atoms with E-state index >= 15 is 0 Å². The van der Waals surface area contributed by atoms with Crippen LogP contribution >= 0.6 is 36.2 Å². The minimum Gasteiger partial charge on any atom is -0.378 e. The molecule has 2 aliphatic rings. The van der Waals surface area contributed by atoms with Crippen LogP contribution < -0.4 is 15.5 Å². The van der Waals surface area contributed by atoms with Crippen molar-refractivity contribution >= 4 is 63.1 Å². The number of carbonyl (C=O) groups is 1. The SMILES string of the molecule is Cl.Cl.O=C(Nc1ccc2nc(N3CCOCC3)sc2c1)C1CCCNC1. The predicted molar refractivity (Wildman–Crippen MR) is 111 cm³/mol. The highest BCUT2D eigenvalue weighted by Crippen LogP contribution is 2.31. The molecule has 26 heavy (non-hydrogen) atoms. The lowest BCUT2D eigenvalue weighted by molar-refractivity contribution is -0.120. The van der Waals surface area contributed by atoms with Gasteiger partial charge in [0.25, 0.3) is 0 Å². The van der Waals surface area contributed by atoms with Crippen LogP contribution in [-0.2, 0) is 9.53 Å². The lowest BCUT2D eigenvalue weighted by Gasteiger charge is -2.25. The van der Waals surface area contributed by atoms with Crippen molar-refractivity contribution in [3.8, 4) is 0 Å². The number of piperidine rings is 1. The summed E-state index contributed by atoms with van der Waals surface area (Å²) in [5, 5.41) is 7.38. The molecule has 0 bridgehead atoms. The van der Waals surface area contributed by atoms with E-state index in [-0.39, 0.29) is 36.6 Å². The Morgan fingerprint density at radius 2 is 2.12 bits per heavy atom. The van der Waals surface area contributed by atoms with E-state index < -0.39 is 0 Å². The van der Waals surface area contributed by atoms with E-state index in [2.05, 4.69) is 15.5 Å². The summed E-state index contributed by atoms with van der Waals surface area (Å²) in [6, 6.07) is 5.97. The maximum Gasteiger partial charge on any atom is 0.228 e. The molecule has 6 nitrogen and oxygen atoms in total. The number of halogens is 2. The van der Waals surface area contributed by atoms with Gasteiger partial charge in [0.05, 0.1) is 29.3 Å². The van der Waals surface area contributed by atoms with E-state index in [4.69, 9.17) is 9.72 Å². The molecular weight excluding hydrogens is 395 g/mol. The lowest BCUT2D eigenvalue weighted by atomic mass is 9.99. The van der Waals surface area contributed by atoms with Crippen LogP contribution in [-0.4, -0.2) is 50.3 Å². The van der Waals surface area contributed by atoms with E-state index in [0.29, 0.717) is 0 Å². The first kappa shape index (κ1) is 21.2. The summed E-state index contributed by atoms with van der Waals surface area (Å²) in [6.07, 6.45) is 2.03. The van der Waals surface area contributed by atoms with Crippen molar-refractivity contribution < 1.29 is 9.53 Å². The number of ether oxygens (including phenoxy) is 1. The summed E-state index contributed by atoms with van der Waals surface area (Å²) >= 11 is 1.68. The molecule has 9 heteroatoms. The predicted octanol–water partition coefficient (Wildman–Crippen LogP) is 2.91. The number of amides is 1. The van der Waals surface area contributed by atoms with Crippen molar-refractivity contribution in [3.63, 3.8) is 0 Å². The smallest absolute Gasteiger partial charge is 0.228 e. The number of hydrogen-bond donors (Lipinski definition) is 2. The fraction of sp³-hybridized carbons (Fsp3) is 0.529. The van der Waals surface area contributed by atoms with Gasteiger partial charge in [-0.2, -0.15) is 0 Å². The highest BCUT2D eigenvalue weighted by Gasteiger charge is 2.21. The highest BCUT2D eigenvalue weighted by atomic mass is 35.5. The zero-order valence-electron chi connectivity index (χ0n) is 14.4. The minimum atomic E-state index is 0. The molecule has 0 radical (unpaired) electrons. The number of fused-ring (bicyclic) bond motifs is 1. The Kier molecular flexibility index (Phi) is 7.91. The Balaban J connectivity index is 0.00000121. The molecule has 1 aromatic heterocycles. The molecule has 144 valence electrons. The molecule has 0 saturated carbocycles. The highest BCUT2D eigenvalue weighted by molar-refractivity contribution is 7.22. The van der Waals surface area contributed by atoms with Crippen LogP contribution in [0, 0.1) is 5.92 Å². The number of hydrogen-bond acceptors (Lipinski definition) is 6. The maximum atomic E-state index is 12.4.